The second-order valence-corrected chi connectivity index (χ2v) is 19.6. The molecule has 17 heteroatoms. The fourth-order valence-electron chi connectivity index (χ4n) is 10.3. The number of carbonyl (C=O) groups is 1. The summed E-state index contributed by atoms with van der Waals surface area (Å²) in [5.74, 6) is 3.36. The number of pyridine rings is 1. The van der Waals surface area contributed by atoms with Gasteiger partial charge in [0.25, 0.3) is 5.91 Å². The Labute approximate surface area is 398 Å². The number of amides is 1. The topological polar surface area (TPSA) is 188 Å². The van der Waals surface area contributed by atoms with E-state index in [-0.39, 0.29) is 47.6 Å². The molecule has 1 saturated carbocycles. The van der Waals surface area contributed by atoms with Gasteiger partial charge in [0.2, 0.25) is 11.8 Å². The largest absolute Gasteiger partial charge is 0.489 e. The van der Waals surface area contributed by atoms with E-state index in [2.05, 4.69) is 87.2 Å². The molecule has 0 bridgehead atoms. The van der Waals surface area contributed by atoms with Crippen LogP contribution in [0, 0.1) is 22.2 Å². The first-order valence-electron chi connectivity index (χ1n) is 23.8. The van der Waals surface area contributed by atoms with Gasteiger partial charge in [-0.25, -0.2) is 19.9 Å². The smallest absolute Gasteiger partial charge is 0.254 e. The number of fused-ring (bicyclic) bond motifs is 1. The number of aliphatic hydroxyl groups excluding tert-OH is 1. The zero-order chi connectivity index (χ0) is 47.1. The van der Waals surface area contributed by atoms with Gasteiger partial charge in [0.05, 0.1) is 35.1 Å². The van der Waals surface area contributed by atoms with E-state index in [1.807, 2.05) is 29.0 Å². The zero-order valence-electron chi connectivity index (χ0n) is 39.4. The number of carbonyl (C=O) groups excluding carboxylic acids is 1. The molecular formula is C50H64ClN11O5. The van der Waals surface area contributed by atoms with Crippen molar-refractivity contribution in [3.63, 3.8) is 0 Å². The van der Waals surface area contributed by atoms with Crippen LogP contribution in [0.4, 0.5) is 17.6 Å². The van der Waals surface area contributed by atoms with Crippen molar-refractivity contribution in [2.24, 2.45) is 10.8 Å². The molecule has 1 amide bonds. The summed E-state index contributed by atoms with van der Waals surface area (Å²) in [5, 5.41) is 30.7. The maximum Gasteiger partial charge on any atom is 0.254 e. The Kier molecular flexibility index (Phi) is 15.0. The Morgan fingerprint density at radius 3 is 2.43 bits per heavy atom. The molecule has 0 unspecified atom stereocenters. The minimum Gasteiger partial charge on any atom is -0.489 e. The number of nitriles is 1. The second kappa shape index (κ2) is 21.0. The summed E-state index contributed by atoms with van der Waals surface area (Å²) in [6.07, 6.45) is 15.3. The summed E-state index contributed by atoms with van der Waals surface area (Å²) in [7, 11) is 0. The van der Waals surface area contributed by atoms with Crippen molar-refractivity contribution < 1.29 is 24.1 Å². The minimum atomic E-state index is -0.382. The molecule has 1 atom stereocenters. The number of anilines is 3. The standard InChI is InChI=1S/C50H64ClN11O5/c1-6-34-32-57-62-41(26-42(58-44(34)62)61-19-8-7-11-37(61)18-22-63)53-28-33-12-15-43(54-29-33)66-24-10-9-23-65-38-16-20-60(21-17-38)48-55-30-36(31-56-48)45(64)59-46-49(2,3)47(50(46,4)5)67-39-14-13-35(27-52)40(51)25-39/h12-15,25-26,29-32,37-38,46-47,53,63H,6-11,16-24,28H2,1-5H3,(H,59,64)/t37-,46?,47?/m0/s1. The summed E-state index contributed by atoms with van der Waals surface area (Å²) in [5.41, 5.74) is 3.03. The van der Waals surface area contributed by atoms with Crippen molar-refractivity contribution >= 4 is 40.7 Å². The summed E-state index contributed by atoms with van der Waals surface area (Å²) >= 11 is 6.25. The van der Waals surface area contributed by atoms with Gasteiger partial charge in [0.1, 0.15) is 29.6 Å². The number of hydrogen-bond donors (Lipinski definition) is 3. The highest BCUT2D eigenvalue weighted by Crippen LogP contribution is 2.55. The van der Waals surface area contributed by atoms with E-state index in [1.165, 1.54) is 6.42 Å². The highest BCUT2D eigenvalue weighted by molar-refractivity contribution is 6.31. The van der Waals surface area contributed by atoms with Crippen molar-refractivity contribution in [1.82, 2.24) is 34.9 Å². The van der Waals surface area contributed by atoms with E-state index in [9.17, 15) is 15.2 Å². The predicted octanol–water partition coefficient (Wildman–Crippen LogP) is 7.81. The molecule has 2 saturated heterocycles. The molecule has 3 N–H and O–H groups in total. The van der Waals surface area contributed by atoms with E-state index in [0.29, 0.717) is 53.5 Å². The highest BCUT2D eigenvalue weighted by atomic mass is 35.5. The SMILES string of the molecule is CCc1cnn2c(NCc3ccc(OCCCCOC4CCN(c5ncc(C(=O)NC6C(C)(C)C(Oc7ccc(C#N)c(Cl)c7)C6(C)C)cn5)CC4)nc3)cc(N3CCCC[C@H]3CCO)nc12. The highest BCUT2D eigenvalue weighted by Gasteiger charge is 2.64. The molecule has 16 nitrogen and oxygen atoms in total. The van der Waals surface area contributed by atoms with Crippen LogP contribution in [0.3, 0.4) is 0 Å². The molecule has 3 fully saturated rings. The van der Waals surface area contributed by atoms with Crippen LogP contribution in [0.15, 0.2) is 61.2 Å². The third-order valence-corrected chi connectivity index (χ3v) is 14.1. The number of halogens is 1. The summed E-state index contributed by atoms with van der Waals surface area (Å²) in [6, 6.07) is 13.3. The molecule has 5 aromatic rings. The molecule has 67 heavy (non-hydrogen) atoms. The monoisotopic (exact) mass is 933 g/mol. The first kappa shape index (κ1) is 47.7. The van der Waals surface area contributed by atoms with E-state index in [1.54, 1.807) is 30.6 Å². The number of aryl methyl sites for hydroxylation is 1. The molecule has 1 aromatic carbocycles. The van der Waals surface area contributed by atoms with Gasteiger partial charge in [-0.05, 0) is 75.5 Å². The quantitative estimate of drug-likeness (QED) is 0.0680. The number of aliphatic hydroxyl groups is 1. The Morgan fingerprint density at radius 2 is 1.73 bits per heavy atom. The number of rotatable bonds is 19. The van der Waals surface area contributed by atoms with Gasteiger partial charge < -0.3 is 39.8 Å². The predicted molar refractivity (Wildman–Crippen MR) is 258 cm³/mol. The Hall–Kier alpha value is -5.76. The van der Waals surface area contributed by atoms with Crippen LogP contribution >= 0.6 is 11.6 Å². The van der Waals surface area contributed by atoms with Gasteiger partial charge in [0, 0.05) is 105 Å². The van der Waals surface area contributed by atoms with Crippen LogP contribution in [0.25, 0.3) is 5.65 Å². The molecule has 2 aliphatic heterocycles. The lowest BCUT2D eigenvalue weighted by molar-refractivity contribution is -0.164. The van der Waals surface area contributed by atoms with Crippen molar-refractivity contribution in [3.05, 3.63) is 88.5 Å². The average molecular weight is 935 g/mol. The zero-order valence-corrected chi connectivity index (χ0v) is 40.1. The minimum absolute atomic E-state index is 0.169. The Morgan fingerprint density at radius 1 is 0.955 bits per heavy atom. The number of hydrogen-bond acceptors (Lipinski definition) is 14. The van der Waals surface area contributed by atoms with Gasteiger partial charge in [-0.3, -0.25) is 4.79 Å². The Bertz CT molecular complexity index is 2490. The van der Waals surface area contributed by atoms with Gasteiger partial charge >= 0.3 is 0 Å². The molecule has 4 aromatic heterocycles. The Balaban J connectivity index is 0.727. The third kappa shape index (κ3) is 10.7. The van der Waals surface area contributed by atoms with Crippen LogP contribution in [0.5, 0.6) is 11.6 Å². The molecule has 8 rings (SSSR count). The third-order valence-electron chi connectivity index (χ3n) is 13.8. The number of ether oxygens (including phenoxy) is 3. The van der Waals surface area contributed by atoms with Gasteiger partial charge in [0.15, 0.2) is 5.65 Å². The van der Waals surface area contributed by atoms with Crippen LogP contribution in [-0.2, 0) is 17.7 Å². The first-order valence-corrected chi connectivity index (χ1v) is 24.2. The maximum absolute atomic E-state index is 13.4. The van der Waals surface area contributed by atoms with Gasteiger partial charge in [-0.15, -0.1) is 0 Å². The molecular weight excluding hydrogens is 870 g/mol. The average Bonchev–Trinajstić information content (AvgIpc) is 3.77. The lowest BCUT2D eigenvalue weighted by Crippen LogP contribution is -2.74. The van der Waals surface area contributed by atoms with Crippen LogP contribution in [0.2, 0.25) is 5.02 Å². The number of benzene rings is 1. The van der Waals surface area contributed by atoms with Gasteiger partial charge in [-0.2, -0.15) is 14.9 Å². The second-order valence-electron chi connectivity index (χ2n) is 19.2. The van der Waals surface area contributed by atoms with E-state index in [4.69, 9.17) is 30.8 Å². The lowest BCUT2D eigenvalue weighted by Gasteiger charge is -2.63. The molecule has 356 valence electrons. The molecule has 6 heterocycles. The number of nitrogens with one attached hydrogen (secondary N) is 2. The van der Waals surface area contributed by atoms with E-state index >= 15 is 0 Å². The summed E-state index contributed by atoms with van der Waals surface area (Å²) < 4.78 is 20.5. The summed E-state index contributed by atoms with van der Waals surface area (Å²) in [4.78, 5) is 36.7. The van der Waals surface area contributed by atoms with E-state index in [0.717, 1.165) is 99.4 Å². The van der Waals surface area contributed by atoms with Gasteiger partial charge in [-0.1, -0.05) is 52.3 Å². The first-order chi connectivity index (χ1) is 32.4. The fourth-order valence-corrected chi connectivity index (χ4v) is 10.5. The van der Waals surface area contributed by atoms with Crippen molar-refractivity contribution in [2.45, 2.75) is 123 Å². The molecule has 0 spiro atoms. The number of nitrogens with zero attached hydrogens (tertiary/aromatic N) is 9. The number of unbranched alkanes of at least 4 members (excludes halogenated alkanes) is 1. The number of aromatic nitrogens is 6. The van der Waals surface area contributed by atoms with Crippen molar-refractivity contribution in [2.75, 3.05) is 54.6 Å². The lowest BCUT2D eigenvalue weighted by atomic mass is 9.49. The van der Waals surface area contributed by atoms with Crippen LogP contribution in [0.1, 0.15) is 113 Å². The van der Waals surface area contributed by atoms with Crippen LogP contribution in [-0.4, -0.2) is 104 Å². The van der Waals surface area contributed by atoms with Crippen LogP contribution < -0.4 is 29.9 Å². The maximum atomic E-state index is 13.4. The van der Waals surface area contributed by atoms with Crippen molar-refractivity contribution in [3.8, 4) is 17.7 Å². The molecule has 1 aliphatic carbocycles. The van der Waals surface area contributed by atoms with E-state index < -0.39 is 0 Å². The molecule has 0 radical (unpaired) electrons. The normalized spacial score (nSPS) is 20.2. The summed E-state index contributed by atoms with van der Waals surface area (Å²) in [6.45, 7) is 14.9. The van der Waals surface area contributed by atoms with Crippen molar-refractivity contribution in [1.29, 1.82) is 5.26 Å². The number of piperidine rings is 2. The molecule has 3 aliphatic rings. The fraction of sp³-hybridized carbons (Fsp3) is 0.540.